The minimum absolute atomic E-state index is 0.583. The van der Waals surface area contributed by atoms with E-state index in [1.54, 1.807) is 7.05 Å². The van der Waals surface area contributed by atoms with E-state index in [0.29, 0.717) is 18.6 Å². The maximum atomic E-state index is 4.39. The fraction of sp³-hybridized carbons (Fsp3) is 0.667. The molecule has 0 saturated heterocycles. The Morgan fingerprint density at radius 2 is 1.91 bits per heavy atom. The van der Waals surface area contributed by atoms with E-state index >= 15 is 0 Å². The zero-order valence-electron chi connectivity index (χ0n) is 15.6. The normalized spacial score (nSPS) is 12.3. The monoisotopic (exact) mass is 319 g/mol. The summed E-state index contributed by atoms with van der Waals surface area (Å²) in [7, 11) is 1.80. The lowest BCUT2D eigenvalue weighted by molar-refractivity contribution is 0.173. The predicted molar refractivity (Wildman–Crippen MR) is 98.8 cm³/mol. The molecule has 0 atom stereocenters. The molecule has 5 nitrogen and oxygen atoms in total. The van der Waals surface area contributed by atoms with Crippen LogP contribution in [0.15, 0.2) is 23.3 Å². The molecule has 0 saturated carbocycles. The third kappa shape index (κ3) is 6.99. The number of nitrogens with zero attached hydrogens (tertiary/aromatic N) is 3. The van der Waals surface area contributed by atoms with Crippen molar-refractivity contribution in [3.63, 3.8) is 0 Å². The summed E-state index contributed by atoms with van der Waals surface area (Å²) in [5.41, 5.74) is 2.25. The number of pyridine rings is 1. The number of rotatable bonds is 8. The molecule has 1 heterocycles. The molecule has 0 aliphatic heterocycles. The summed E-state index contributed by atoms with van der Waals surface area (Å²) in [6.07, 6.45) is 2.92. The van der Waals surface area contributed by atoms with E-state index in [1.165, 1.54) is 5.56 Å². The van der Waals surface area contributed by atoms with Crippen LogP contribution in [-0.2, 0) is 6.54 Å². The second-order valence-corrected chi connectivity index (χ2v) is 6.40. The predicted octanol–water partition coefficient (Wildman–Crippen LogP) is 2.56. The minimum atomic E-state index is 0.583. The Balaban J connectivity index is 2.33. The SMILES string of the molecule is CN=C(NCCCN(C(C)C)C(C)C)NCc1ncccc1C. The highest BCUT2D eigenvalue weighted by Crippen LogP contribution is 2.05. The van der Waals surface area contributed by atoms with Crippen LogP contribution in [0.25, 0.3) is 0 Å². The summed E-state index contributed by atoms with van der Waals surface area (Å²) in [4.78, 5) is 11.2. The van der Waals surface area contributed by atoms with Gasteiger partial charge < -0.3 is 10.6 Å². The average molecular weight is 319 g/mol. The molecule has 1 aromatic rings. The fourth-order valence-electron chi connectivity index (χ4n) is 2.67. The largest absolute Gasteiger partial charge is 0.356 e. The van der Waals surface area contributed by atoms with Gasteiger partial charge in [-0.15, -0.1) is 0 Å². The molecule has 0 aliphatic carbocycles. The summed E-state index contributed by atoms with van der Waals surface area (Å²) in [5.74, 6) is 0.829. The molecule has 23 heavy (non-hydrogen) atoms. The van der Waals surface area contributed by atoms with Crippen LogP contribution in [-0.4, -0.2) is 48.1 Å². The van der Waals surface area contributed by atoms with Crippen LogP contribution in [0.3, 0.4) is 0 Å². The molecule has 0 bridgehead atoms. The minimum Gasteiger partial charge on any atom is -0.356 e. The lowest BCUT2D eigenvalue weighted by Gasteiger charge is -2.30. The van der Waals surface area contributed by atoms with Crippen molar-refractivity contribution in [3.05, 3.63) is 29.6 Å². The van der Waals surface area contributed by atoms with Gasteiger partial charge in [-0.3, -0.25) is 14.9 Å². The van der Waals surface area contributed by atoms with Gasteiger partial charge in [0.15, 0.2) is 5.96 Å². The molecule has 0 radical (unpaired) electrons. The van der Waals surface area contributed by atoms with Crippen molar-refractivity contribution >= 4 is 5.96 Å². The first kappa shape index (κ1) is 19.4. The van der Waals surface area contributed by atoms with Crippen LogP contribution in [0.2, 0.25) is 0 Å². The smallest absolute Gasteiger partial charge is 0.191 e. The van der Waals surface area contributed by atoms with Gasteiger partial charge in [-0.1, -0.05) is 6.07 Å². The second-order valence-electron chi connectivity index (χ2n) is 6.40. The summed E-state index contributed by atoms with van der Waals surface area (Å²) >= 11 is 0. The molecule has 0 amide bonds. The number of aromatic nitrogens is 1. The highest BCUT2D eigenvalue weighted by Gasteiger charge is 2.12. The Morgan fingerprint density at radius 3 is 2.48 bits per heavy atom. The number of hydrogen-bond donors (Lipinski definition) is 2. The molecule has 0 unspecified atom stereocenters. The first-order valence-electron chi connectivity index (χ1n) is 8.56. The van der Waals surface area contributed by atoms with E-state index < -0.39 is 0 Å². The van der Waals surface area contributed by atoms with Crippen LogP contribution >= 0.6 is 0 Å². The first-order chi connectivity index (χ1) is 11.0. The summed E-state index contributed by atoms with van der Waals surface area (Å²) < 4.78 is 0. The van der Waals surface area contributed by atoms with Gasteiger partial charge >= 0.3 is 0 Å². The molecular formula is C18H33N5. The Labute approximate surface area is 141 Å². The standard InChI is InChI=1S/C18H33N5/c1-14(2)23(15(3)4)12-8-11-21-18(19-6)22-13-17-16(5)9-7-10-20-17/h7,9-10,14-15H,8,11-13H2,1-6H3,(H2,19,21,22). The van der Waals surface area contributed by atoms with Gasteiger partial charge in [0.05, 0.1) is 12.2 Å². The number of nitrogens with one attached hydrogen (secondary N) is 2. The number of guanidine groups is 1. The van der Waals surface area contributed by atoms with Crippen LogP contribution in [0, 0.1) is 6.92 Å². The molecule has 130 valence electrons. The maximum Gasteiger partial charge on any atom is 0.191 e. The Bertz CT molecular complexity index is 474. The second kappa shape index (κ2) is 10.2. The summed E-state index contributed by atoms with van der Waals surface area (Å²) in [6.45, 7) is 13.8. The van der Waals surface area contributed by atoms with Crippen molar-refractivity contribution in [3.8, 4) is 0 Å². The molecular weight excluding hydrogens is 286 g/mol. The van der Waals surface area contributed by atoms with E-state index in [-0.39, 0.29) is 0 Å². The third-order valence-corrected chi connectivity index (χ3v) is 3.98. The van der Waals surface area contributed by atoms with Crippen molar-refractivity contribution in [1.82, 2.24) is 20.5 Å². The number of hydrogen-bond acceptors (Lipinski definition) is 3. The van der Waals surface area contributed by atoms with E-state index in [9.17, 15) is 0 Å². The lowest BCUT2D eigenvalue weighted by atomic mass is 10.2. The first-order valence-corrected chi connectivity index (χ1v) is 8.56. The van der Waals surface area contributed by atoms with Gasteiger partial charge in [0, 0.05) is 38.4 Å². The zero-order chi connectivity index (χ0) is 17.2. The molecule has 5 heteroatoms. The molecule has 0 aliphatic rings. The number of aryl methyl sites for hydroxylation is 1. The summed E-state index contributed by atoms with van der Waals surface area (Å²) in [5, 5.41) is 6.70. The van der Waals surface area contributed by atoms with E-state index in [1.807, 2.05) is 12.3 Å². The van der Waals surface area contributed by atoms with E-state index in [0.717, 1.165) is 31.2 Å². The van der Waals surface area contributed by atoms with Crippen molar-refractivity contribution in [2.24, 2.45) is 4.99 Å². The van der Waals surface area contributed by atoms with Crippen LogP contribution in [0.4, 0.5) is 0 Å². The van der Waals surface area contributed by atoms with Gasteiger partial charge in [0.25, 0.3) is 0 Å². The molecule has 1 rings (SSSR count). The molecule has 0 fully saturated rings. The Kier molecular flexibility index (Phi) is 8.62. The van der Waals surface area contributed by atoms with Gasteiger partial charge in [0.1, 0.15) is 0 Å². The van der Waals surface area contributed by atoms with Crippen LogP contribution < -0.4 is 10.6 Å². The van der Waals surface area contributed by atoms with E-state index in [2.05, 4.69) is 66.2 Å². The van der Waals surface area contributed by atoms with Gasteiger partial charge in [-0.05, 0) is 52.7 Å². The van der Waals surface area contributed by atoms with Crippen LogP contribution in [0.1, 0.15) is 45.4 Å². The van der Waals surface area contributed by atoms with Gasteiger partial charge in [0.2, 0.25) is 0 Å². The highest BCUT2D eigenvalue weighted by atomic mass is 15.2. The third-order valence-electron chi connectivity index (χ3n) is 3.98. The Morgan fingerprint density at radius 1 is 1.22 bits per heavy atom. The van der Waals surface area contributed by atoms with Crippen LogP contribution in [0.5, 0.6) is 0 Å². The summed E-state index contributed by atoms with van der Waals surface area (Å²) in [6, 6.07) is 5.20. The highest BCUT2D eigenvalue weighted by molar-refractivity contribution is 5.79. The van der Waals surface area contributed by atoms with Crippen molar-refractivity contribution in [2.45, 2.75) is 59.7 Å². The molecule has 1 aromatic heterocycles. The van der Waals surface area contributed by atoms with Crippen molar-refractivity contribution in [2.75, 3.05) is 20.1 Å². The van der Waals surface area contributed by atoms with Gasteiger partial charge in [-0.2, -0.15) is 0 Å². The molecule has 0 aromatic carbocycles. The van der Waals surface area contributed by atoms with Crippen molar-refractivity contribution in [1.29, 1.82) is 0 Å². The van der Waals surface area contributed by atoms with Gasteiger partial charge in [-0.25, -0.2) is 0 Å². The number of aliphatic imine (C=N–C) groups is 1. The molecule has 0 spiro atoms. The zero-order valence-corrected chi connectivity index (χ0v) is 15.6. The topological polar surface area (TPSA) is 52.6 Å². The lowest BCUT2D eigenvalue weighted by Crippen LogP contribution is -2.41. The molecule has 2 N–H and O–H groups in total. The Hall–Kier alpha value is -1.62. The average Bonchev–Trinajstić information content (AvgIpc) is 2.50. The van der Waals surface area contributed by atoms with Crippen molar-refractivity contribution < 1.29 is 0 Å². The quantitative estimate of drug-likeness (QED) is 0.439. The maximum absolute atomic E-state index is 4.39. The fourth-order valence-corrected chi connectivity index (χ4v) is 2.67. The van der Waals surface area contributed by atoms with E-state index in [4.69, 9.17) is 0 Å².